The van der Waals surface area contributed by atoms with Crippen molar-refractivity contribution in [3.05, 3.63) is 0 Å². The molecule has 1 aliphatic rings. The molecule has 1 aliphatic heterocycles. The number of aliphatic hydroxyl groups excluding tert-OH is 1. The third-order valence-electron chi connectivity index (χ3n) is 3.70. The third kappa shape index (κ3) is 8.77. The highest BCUT2D eigenvalue weighted by Gasteiger charge is 2.50. The molecule has 29 heavy (non-hydrogen) atoms. The van der Waals surface area contributed by atoms with Crippen LogP contribution in [0.25, 0.3) is 0 Å². The number of amides is 1. The number of thioether (sulfide) groups is 1. The minimum absolute atomic E-state index is 0.00908. The lowest BCUT2D eigenvalue weighted by Gasteiger charge is -2.45. The third-order valence-corrected chi connectivity index (χ3v) is 5.37. The van der Waals surface area contributed by atoms with Crippen LogP contribution in [-0.2, 0) is 38.1 Å². The summed E-state index contributed by atoms with van der Waals surface area (Å²) in [6.07, 6.45) is -4.06. The van der Waals surface area contributed by atoms with E-state index in [4.69, 9.17) is 30.5 Å². The van der Waals surface area contributed by atoms with E-state index in [0.29, 0.717) is 0 Å². The Morgan fingerprint density at radius 2 is 1.66 bits per heavy atom. The lowest BCUT2D eigenvalue weighted by molar-refractivity contribution is -0.211. The van der Waals surface area contributed by atoms with Crippen LogP contribution in [-0.4, -0.2) is 83.1 Å². The number of carbonyl (C=O) groups excluding carboxylic acids is 4. The fourth-order valence-corrected chi connectivity index (χ4v) is 4.10. The minimum Gasteiger partial charge on any atom is -0.463 e. The zero-order chi connectivity index (χ0) is 22.1. The van der Waals surface area contributed by atoms with E-state index >= 15 is 0 Å². The van der Waals surface area contributed by atoms with Crippen LogP contribution in [0, 0.1) is 0 Å². The van der Waals surface area contributed by atoms with E-state index in [1.165, 1.54) is 27.7 Å². The lowest BCUT2D eigenvalue weighted by atomic mass is 9.97. The fraction of sp³-hybridized carbons (Fsp3) is 0.765. The lowest BCUT2D eigenvalue weighted by Crippen LogP contribution is -2.65. The van der Waals surface area contributed by atoms with Crippen molar-refractivity contribution in [2.24, 2.45) is 0 Å². The van der Waals surface area contributed by atoms with Crippen molar-refractivity contribution < 1.29 is 43.2 Å². The van der Waals surface area contributed by atoms with E-state index in [-0.39, 0.29) is 18.2 Å². The first-order chi connectivity index (χ1) is 13.5. The smallest absolute Gasteiger partial charge is 0.303 e. The maximum Gasteiger partial charge on any atom is 0.303 e. The monoisotopic (exact) mass is 455 g/mol. The van der Waals surface area contributed by atoms with Gasteiger partial charge in [0, 0.05) is 39.3 Å². The number of esters is 3. The van der Waals surface area contributed by atoms with E-state index in [2.05, 4.69) is 5.32 Å². The highest BCUT2D eigenvalue weighted by Crippen LogP contribution is 2.33. The molecule has 10 nitrogen and oxygen atoms in total. The summed E-state index contributed by atoms with van der Waals surface area (Å²) in [5, 5.41) is 12.4. The summed E-state index contributed by atoms with van der Waals surface area (Å²) < 4.78 is 21.6. The average molecular weight is 456 g/mol. The van der Waals surface area contributed by atoms with Gasteiger partial charge in [-0.05, 0) is 0 Å². The summed E-state index contributed by atoms with van der Waals surface area (Å²) in [6, 6.07) is -0.901. The molecular formula is C17H26ClNO9S. The number of rotatable bonds is 9. The van der Waals surface area contributed by atoms with Crippen LogP contribution in [0.5, 0.6) is 0 Å². The number of nitrogens with one attached hydrogen (secondary N) is 1. The highest BCUT2D eigenvalue weighted by atomic mass is 35.5. The van der Waals surface area contributed by atoms with E-state index in [1.807, 2.05) is 0 Å². The van der Waals surface area contributed by atoms with Gasteiger partial charge in [-0.25, -0.2) is 0 Å². The molecule has 0 aromatic rings. The Labute approximate surface area is 177 Å². The molecule has 0 aromatic heterocycles. The fourth-order valence-electron chi connectivity index (χ4n) is 2.68. The van der Waals surface area contributed by atoms with Gasteiger partial charge in [-0.2, -0.15) is 0 Å². The number of halogens is 1. The molecule has 12 heteroatoms. The summed E-state index contributed by atoms with van der Waals surface area (Å²) in [5.74, 6) is -2.20. The van der Waals surface area contributed by atoms with Crippen LogP contribution >= 0.6 is 23.4 Å². The summed E-state index contributed by atoms with van der Waals surface area (Å²) in [5.41, 5.74) is -0.812. The Morgan fingerprint density at radius 1 is 1.07 bits per heavy atom. The van der Waals surface area contributed by atoms with Crippen LogP contribution in [0.15, 0.2) is 0 Å². The van der Waals surface area contributed by atoms with Crippen LogP contribution < -0.4 is 5.32 Å². The summed E-state index contributed by atoms with van der Waals surface area (Å²) in [6.45, 7) is 4.54. The number of alkyl halides is 1. The van der Waals surface area contributed by atoms with E-state index < -0.39 is 59.7 Å². The quantitative estimate of drug-likeness (QED) is 0.277. The first-order valence-electron chi connectivity index (χ1n) is 8.81. The van der Waals surface area contributed by atoms with E-state index in [1.54, 1.807) is 0 Å². The molecule has 1 amide bonds. The summed E-state index contributed by atoms with van der Waals surface area (Å²) in [7, 11) is 0. The van der Waals surface area contributed by atoms with Gasteiger partial charge in [0.25, 0.3) is 0 Å². The number of aliphatic hydroxyl groups is 1. The standard InChI is InChI=1S/C17H26ClNO9S/c1-8(20)19-14-16(27-11(4)23)15(26-10(3)22)13(6-25-9(2)21)28-17(14)29-7-12(24)5-18/h12-17,24H,5-7H2,1-4H3,(H,19,20)/t12-,13-,14+,15-,16-,17+/m1/s1. The molecular weight excluding hydrogens is 430 g/mol. The highest BCUT2D eigenvalue weighted by molar-refractivity contribution is 7.99. The molecule has 1 fully saturated rings. The number of hydrogen-bond acceptors (Lipinski definition) is 10. The van der Waals surface area contributed by atoms with Crippen molar-refractivity contribution >= 4 is 47.2 Å². The normalized spacial score (nSPS) is 27.4. The zero-order valence-corrected chi connectivity index (χ0v) is 18.2. The zero-order valence-electron chi connectivity index (χ0n) is 16.6. The molecule has 0 aromatic carbocycles. The van der Waals surface area contributed by atoms with Crippen LogP contribution in [0.2, 0.25) is 0 Å². The van der Waals surface area contributed by atoms with Gasteiger partial charge < -0.3 is 29.4 Å². The van der Waals surface area contributed by atoms with Gasteiger partial charge in [0.05, 0.1) is 6.10 Å². The number of ether oxygens (including phenoxy) is 4. The van der Waals surface area contributed by atoms with Gasteiger partial charge in [0.15, 0.2) is 12.2 Å². The predicted octanol–water partition coefficient (Wildman–Crippen LogP) is -0.0246. The Bertz CT molecular complexity index is 605. The van der Waals surface area contributed by atoms with Crippen LogP contribution in [0.3, 0.4) is 0 Å². The largest absolute Gasteiger partial charge is 0.463 e. The first-order valence-corrected chi connectivity index (χ1v) is 10.4. The Kier molecular flexibility index (Phi) is 10.7. The maximum absolute atomic E-state index is 11.7. The molecule has 0 aliphatic carbocycles. The average Bonchev–Trinajstić information content (AvgIpc) is 2.60. The number of hydrogen-bond donors (Lipinski definition) is 2. The van der Waals surface area contributed by atoms with Crippen molar-refractivity contribution in [3.63, 3.8) is 0 Å². The Morgan fingerprint density at radius 3 is 2.14 bits per heavy atom. The van der Waals surface area contributed by atoms with Crippen LogP contribution in [0.4, 0.5) is 0 Å². The molecule has 0 saturated carbocycles. The van der Waals surface area contributed by atoms with Gasteiger partial charge in [-0.15, -0.1) is 23.4 Å². The van der Waals surface area contributed by atoms with Crippen molar-refractivity contribution in [1.82, 2.24) is 5.32 Å². The molecule has 0 bridgehead atoms. The van der Waals surface area contributed by atoms with Gasteiger partial charge >= 0.3 is 17.9 Å². The van der Waals surface area contributed by atoms with Gasteiger partial charge in [-0.3, -0.25) is 19.2 Å². The second kappa shape index (κ2) is 12.2. The van der Waals surface area contributed by atoms with Crippen molar-refractivity contribution in [1.29, 1.82) is 0 Å². The molecule has 6 atom stereocenters. The predicted molar refractivity (Wildman–Crippen MR) is 103 cm³/mol. The molecule has 166 valence electrons. The van der Waals surface area contributed by atoms with Gasteiger partial charge in [-0.1, -0.05) is 0 Å². The van der Waals surface area contributed by atoms with Gasteiger partial charge in [0.1, 0.15) is 24.2 Å². The number of carbonyl (C=O) groups is 4. The summed E-state index contributed by atoms with van der Waals surface area (Å²) >= 11 is 6.75. The molecule has 0 spiro atoms. The molecule has 0 unspecified atom stereocenters. The second-order valence-electron chi connectivity index (χ2n) is 6.36. The molecule has 2 N–H and O–H groups in total. The maximum atomic E-state index is 11.7. The Hall–Kier alpha value is -1.56. The first kappa shape index (κ1) is 25.5. The van der Waals surface area contributed by atoms with E-state index in [9.17, 15) is 24.3 Å². The van der Waals surface area contributed by atoms with Crippen LogP contribution in [0.1, 0.15) is 27.7 Å². The van der Waals surface area contributed by atoms with Gasteiger partial charge in [0.2, 0.25) is 5.91 Å². The Balaban J connectivity index is 3.24. The van der Waals surface area contributed by atoms with Crippen molar-refractivity contribution in [2.75, 3.05) is 18.2 Å². The molecule has 1 heterocycles. The van der Waals surface area contributed by atoms with Crippen molar-refractivity contribution in [2.45, 2.75) is 63.6 Å². The van der Waals surface area contributed by atoms with E-state index in [0.717, 1.165) is 11.8 Å². The topological polar surface area (TPSA) is 137 Å². The molecule has 0 radical (unpaired) electrons. The SMILES string of the molecule is CC(=O)N[C@H]1[C@@H](OC(C)=O)[C@H](OC(C)=O)[C@@H](COC(C)=O)O[C@H]1SC[C@H](O)CCl. The minimum atomic E-state index is -1.14. The van der Waals surface area contributed by atoms with Crippen molar-refractivity contribution in [3.8, 4) is 0 Å². The molecule has 1 saturated heterocycles. The second-order valence-corrected chi connectivity index (χ2v) is 7.80. The summed E-state index contributed by atoms with van der Waals surface area (Å²) in [4.78, 5) is 46.3. The molecule has 1 rings (SSSR count).